The first-order chi connectivity index (χ1) is 3.98. The molecular formula is C6H11BrF2. The molecule has 0 aliphatic rings. The van der Waals surface area contributed by atoms with Crippen LogP contribution in [0, 0.1) is 5.92 Å². The van der Waals surface area contributed by atoms with Crippen LogP contribution in [0.15, 0.2) is 0 Å². The molecule has 56 valence electrons. The van der Waals surface area contributed by atoms with E-state index in [1.54, 1.807) is 13.8 Å². The van der Waals surface area contributed by atoms with Gasteiger partial charge in [-0.2, -0.15) is 0 Å². The minimum absolute atomic E-state index is 0.0295. The fourth-order valence-electron chi connectivity index (χ4n) is 0.652. The zero-order chi connectivity index (χ0) is 7.49. The molecule has 0 atom stereocenters. The van der Waals surface area contributed by atoms with Crippen LogP contribution < -0.4 is 0 Å². The highest BCUT2D eigenvalue weighted by molar-refractivity contribution is 9.09. The maximum Gasteiger partial charge on any atom is 0.257 e. The SMILES string of the molecule is CC(C)CC(F)(F)CBr. The van der Waals surface area contributed by atoms with Gasteiger partial charge in [0.05, 0.1) is 5.33 Å². The van der Waals surface area contributed by atoms with Crippen LogP contribution in [0.3, 0.4) is 0 Å². The van der Waals surface area contributed by atoms with Crippen LogP contribution in [0.25, 0.3) is 0 Å². The van der Waals surface area contributed by atoms with Crippen LogP contribution >= 0.6 is 15.9 Å². The Balaban J connectivity index is 3.58. The molecule has 0 aliphatic carbocycles. The Labute approximate surface area is 62.8 Å². The number of rotatable bonds is 3. The van der Waals surface area contributed by atoms with Crippen LogP contribution in [0.5, 0.6) is 0 Å². The summed E-state index contributed by atoms with van der Waals surface area (Å²) in [4.78, 5) is 0. The fourth-order valence-corrected chi connectivity index (χ4v) is 0.881. The van der Waals surface area contributed by atoms with Crippen LogP contribution in [0.4, 0.5) is 8.78 Å². The second-order valence-corrected chi connectivity index (χ2v) is 3.15. The lowest BCUT2D eigenvalue weighted by Gasteiger charge is -2.14. The highest BCUT2D eigenvalue weighted by Crippen LogP contribution is 2.24. The summed E-state index contributed by atoms with van der Waals surface area (Å²) in [6, 6.07) is 0. The van der Waals surface area contributed by atoms with E-state index in [9.17, 15) is 8.78 Å². The summed E-state index contributed by atoms with van der Waals surface area (Å²) in [6.07, 6.45) is -0.0295. The van der Waals surface area contributed by atoms with Crippen molar-refractivity contribution in [3.8, 4) is 0 Å². The molecule has 0 spiro atoms. The van der Waals surface area contributed by atoms with E-state index in [0.717, 1.165) is 0 Å². The molecule has 0 aliphatic heterocycles. The molecule has 0 fully saturated rings. The Morgan fingerprint density at radius 3 is 2.00 bits per heavy atom. The largest absolute Gasteiger partial charge is 0.257 e. The van der Waals surface area contributed by atoms with Gasteiger partial charge in [0, 0.05) is 6.42 Å². The Morgan fingerprint density at radius 1 is 1.44 bits per heavy atom. The number of halogens is 3. The van der Waals surface area contributed by atoms with E-state index in [1.165, 1.54) is 0 Å². The van der Waals surface area contributed by atoms with Gasteiger partial charge in [0.25, 0.3) is 5.92 Å². The van der Waals surface area contributed by atoms with Crippen molar-refractivity contribution in [2.45, 2.75) is 26.2 Å². The van der Waals surface area contributed by atoms with E-state index in [-0.39, 0.29) is 17.7 Å². The van der Waals surface area contributed by atoms with Crippen molar-refractivity contribution in [3.63, 3.8) is 0 Å². The molecule has 0 heterocycles. The van der Waals surface area contributed by atoms with Crippen LogP contribution in [-0.4, -0.2) is 11.3 Å². The van der Waals surface area contributed by atoms with Crippen molar-refractivity contribution >= 4 is 15.9 Å². The summed E-state index contributed by atoms with van der Waals surface area (Å²) in [6.45, 7) is 3.58. The van der Waals surface area contributed by atoms with Gasteiger partial charge in [-0.15, -0.1) is 0 Å². The Hall–Kier alpha value is 0.340. The first-order valence-corrected chi connectivity index (χ1v) is 4.04. The van der Waals surface area contributed by atoms with Gasteiger partial charge in [-0.3, -0.25) is 0 Å². The van der Waals surface area contributed by atoms with Gasteiger partial charge in [-0.25, -0.2) is 8.78 Å². The summed E-state index contributed by atoms with van der Waals surface area (Å²) in [7, 11) is 0. The third-order valence-corrected chi connectivity index (χ3v) is 1.72. The van der Waals surface area contributed by atoms with Gasteiger partial charge < -0.3 is 0 Å². The smallest absolute Gasteiger partial charge is 0.206 e. The summed E-state index contributed by atoms with van der Waals surface area (Å²) in [5, 5.41) is -0.224. The van der Waals surface area contributed by atoms with E-state index in [0.29, 0.717) is 0 Å². The summed E-state index contributed by atoms with van der Waals surface area (Å²) in [5.41, 5.74) is 0. The van der Waals surface area contributed by atoms with Gasteiger partial charge in [0.2, 0.25) is 0 Å². The minimum atomic E-state index is -2.52. The zero-order valence-corrected chi connectivity index (χ0v) is 7.21. The average Bonchev–Trinajstić information content (AvgIpc) is 1.63. The topological polar surface area (TPSA) is 0 Å². The maximum absolute atomic E-state index is 12.4. The molecule has 3 heteroatoms. The molecule has 0 aromatic heterocycles. The lowest BCUT2D eigenvalue weighted by atomic mass is 10.1. The maximum atomic E-state index is 12.4. The lowest BCUT2D eigenvalue weighted by molar-refractivity contribution is 0.00745. The highest BCUT2D eigenvalue weighted by atomic mass is 79.9. The van der Waals surface area contributed by atoms with E-state index in [2.05, 4.69) is 15.9 Å². The van der Waals surface area contributed by atoms with Crippen molar-refractivity contribution in [3.05, 3.63) is 0 Å². The van der Waals surface area contributed by atoms with Crippen molar-refractivity contribution in [1.29, 1.82) is 0 Å². The summed E-state index contributed by atoms with van der Waals surface area (Å²) in [5.74, 6) is -2.45. The van der Waals surface area contributed by atoms with Crippen molar-refractivity contribution in [2.75, 3.05) is 5.33 Å². The van der Waals surface area contributed by atoms with Gasteiger partial charge in [-0.05, 0) is 5.92 Å². The normalized spacial score (nSPS) is 12.7. The second-order valence-electron chi connectivity index (χ2n) is 2.59. The van der Waals surface area contributed by atoms with Gasteiger partial charge in [-0.1, -0.05) is 29.8 Å². The number of hydrogen-bond acceptors (Lipinski definition) is 0. The van der Waals surface area contributed by atoms with Crippen LogP contribution in [-0.2, 0) is 0 Å². The molecule has 0 aromatic rings. The Kier molecular flexibility index (Phi) is 3.63. The predicted octanol–water partition coefficient (Wildman–Crippen LogP) is 3.06. The molecule has 0 unspecified atom stereocenters. The third kappa shape index (κ3) is 4.82. The summed E-state index contributed by atoms with van der Waals surface area (Å²) < 4.78 is 24.7. The predicted molar refractivity (Wildman–Crippen MR) is 38.2 cm³/mol. The van der Waals surface area contributed by atoms with Crippen molar-refractivity contribution in [1.82, 2.24) is 0 Å². The van der Waals surface area contributed by atoms with E-state index in [1.807, 2.05) is 0 Å². The molecule has 0 saturated carbocycles. The third-order valence-electron chi connectivity index (χ3n) is 0.902. The van der Waals surface area contributed by atoms with Crippen LogP contribution in [0.2, 0.25) is 0 Å². The molecule has 0 radical (unpaired) electrons. The Morgan fingerprint density at radius 2 is 1.89 bits per heavy atom. The van der Waals surface area contributed by atoms with Crippen LogP contribution in [0.1, 0.15) is 20.3 Å². The molecule has 0 N–H and O–H groups in total. The first-order valence-electron chi connectivity index (χ1n) is 2.92. The van der Waals surface area contributed by atoms with E-state index >= 15 is 0 Å². The quantitative estimate of drug-likeness (QED) is 0.615. The lowest BCUT2D eigenvalue weighted by Crippen LogP contribution is -2.20. The minimum Gasteiger partial charge on any atom is -0.206 e. The first kappa shape index (κ1) is 9.34. The van der Waals surface area contributed by atoms with Crippen molar-refractivity contribution in [2.24, 2.45) is 5.92 Å². The summed E-state index contributed by atoms with van der Waals surface area (Å²) >= 11 is 2.75. The van der Waals surface area contributed by atoms with Crippen molar-refractivity contribution < 1.29 is 8.78 Å². The molecule has 0 rings (SSSR count). The van der Waals surface area contributed by atoms with Gasteiger partial charge >= 0.3 is 0 Å². The fraction of sp³-hybridized carbons (Fsp3) is 1.00. The number of hydrogen-bond donors (Lipinski definition) is 0. The monoisotopic (exact) mass is 200 g/mol. The molecular weight excluding hydrogens is 190 g/mol. The standard InChI is InChI=1S/C6H11BrF2/c1-5(2)3-6(8,9)4-7/h5H,3-4H2,1-2H3. The molecule has 0 bridgehead atoms. The van der Waals surface area contributed by atoms with E-state index < -0.39 is 5.92 Å². The molecule has 0 amide bonds. The number of alkyl halides is 3. The molecule has 0 nitrogen and oxygen atoms in total. The molecule has 9 heavy (non-hydrogen) atoms. The Bertz CT molecular complexity index is 81.1. The van der Waals surface area contributed by atoms with E-state index in [4.69, 9.17) is 0 Å². The van der Waals surface area contributed by atoms with Gasteiger partial charge in [0.15, 0.2) is 0 Å². The highest BCUT2D eigenvalue weighted by Gasteiger charge is 2.27. The van der Waals surface area contributed by atoms with Gasteiger partial charge in [0.1, 0.15) is 0 Å². The second kappa shape index (κ2) is 3.49. The zero-order valence-electron chi connectivity index (χ0n) is 5.63. The molecule has 0 aromatic carbocycles. The average molecular weight is 201 g/mol. The molecule has 0 saturated heterocycles.